The van der Waals surface area contributed by atoms with E-state index in [1.165, 1.54) is 15.4 Å². The van der Waals surface area contributed by atoms with Gasteiger partial charge < -0.3 is 15.0 Å². The zero-order valence-corrected chi connectivity index (χ0v) is 20.6. The molecule has 0 aliphatic carbocycles. The smallest absolute Gasteiger partial charge is 0.243 e. The topological polar surface area (TPSA) is 61.9 Å². The molecular weight excluding hydrogens is 466 g/mol. The number of anilines is 1. The van der Waals surface area contributed by atoms with Gasteiger partial charge in [0.2, 0.25) is 10.0 Å². The summed E-state index contributed by atoms with van der Waals surface area (Å²) < 4.78 is 32.5. The van der Waals surface area contributed by atoms with Gasteiger partial charge in [-0.3, -0.25) is 0 Å². The Hall–Kier alpha value is -2.78. The van der Waals surface area contributed by atoms with Gasteiger partial charge in [-0.2, -0.15) is 4.31 Å². The molecule has 0 atom stereocenters. The maximum atomic E-state index is 12.9. The number of morpholine rings is 1. The van der Waals surface area contributed by atoms with Crippen LogP contribution in [0.3, 0.4) is 0 Å². The van der Waals surface area contributed by atoms with Crippen molar-refractivity contribution in [3.63, 3.8) is 0 Å². The first kappa shape index (κ1) is 24.3. The quantitative estimate of drug-likeness (QED) is 0.474. The lowest BCUT2D eigenvalue weighted by Gasteiger charge is -2.27. The SMILES string of the molecule is O=S(=O)(c1ccc(NC(=S)N(CCc2ccccc2)Cc2ccccc2)cc1)N1CCOCC1. The second-order valence-electron chi connectivity index (χ2n) is 8.11. The van der Waals surface area contributed by atoms with E-state index in [-0.39, 0.29) is 4.90 Å². The number of thiocarbonyl (C=S) groups is 1. The standard InChI is InChI=1S/C26H29N3O3S2/c30-34(31,29-17-19-32-20-18-29)25-13-11-24(12-14-25)27-26(33)28(21-23-9-5-2-6-10-23)16-15-22-7-3-1-4-8-22/h1-14H,15-21H2,(H,27,33). The Bertz CT molecular complexity index is 1160. The van der Waals surface area contributed by atoms with Gasteiger partial charge in [0.1, 0.15) is 0 Å². The van der Waals surface area contributed by atoms with Crippen molar-refractivity contribution in [2.24, 2.45) is 0 Å². The summed E-state index contributed by atoms with van der Waals surface area (Å²) in [5.41, 5.74) is 3.18. The van der Waals surface area contributed by atoms with E-state index in [1.54, 1.807) is 24.3 Å². The van der Waals surface area contributed by atoms with E-state index in [2.05, 4.69) is 34.5 Å². The molecule has 3 aromatic rings. The summed E-state index contributed by atoms with van der Waals surface area (Å²) in [5, 5.41) is 3.89. The zero-order valence-electron chi connectivity index (χ0n) is 19.0. The molecule has 1 heterocycles. The second kappa shape index (κ2) is 11.6. The fraction of sp³-hybridized carbons (Fsp3) is 0.269. The summed E-state index contributed by atoms with van der Waals surface area (Å²) in [6.07, 6.45) is 0.867. The maximum absolute atomic E-state index is 12.9. The molecule has 1 aliphatic heterocycles. The van der Waals surface area contributed by atoms with E-state index >= 15 is 0 Å². The lowest BCUT2D eigenvalue weighted by atomic mass is 10.1. The first-order chi connectivity index (χ1) is 16.5. The fourth-order valence-electron chi connectivity index (χ4n) is 3.81. The lowest BCUT2D eigenvalue weighted by Crippen LogP contribution is -2.40. The van der Waals surface area contributed by atoms with Crippen LogP contribution in [-0.2, 0) is 27.7 Å². The van der Waals surface area contributed by atoms with Crippen molar-refractivity contribution >= 4 is 33.0 Å². The van der Waals surface area contributed by atoms with E-state index in [9.17, 15) is 8.42 Å². The summed E-state index contributed by atoms with van der Waals surface area (Å²) in [6, 6.07) is 27.3. The van der Waals surface area contributed by atoms with Gasteiger partial charge in [0.25, 0.3) is 0 Å². The number of rotatable bonds is 8. The molecule has 0 amide bonds. The Labute approximate surface area is 207 Å². The zero-order chi connectivity index (χ0) is 23.8. The Kier molecular flexibility index (Phi) is 8.29. The molecule has 4 rings (SSSR count). The highest BCUT2D eigenvalue weighted by molar-refractivity contribution is 7.89. The molecule has 8 heteroatoms. The molecule has 0 unspecified atom stereocenters. The Morgan fingerprint density at radius 1 is 0.882 bits per heavy atom. The van der Waals surface area contributed by atoms with Gasteiger partial charge in [-0.15, -0.1) is 0 Å². The monoisotopic (exact) mass is 495 g/mol. The Balaban J connectivity index is 1.44. The third-order valence-electron chi connectivity index (χ3n) is 5.73. The van der Waals surface area contributed by atoms with E-state index < -0.39 is 10.0 Å². The predicted octanol–water partition coefficient (Wildman–Crippen LogP) is 4.15. The number of ether oxygens (including phenoxy) is 1. The summed E-state index contributed by atoms with van der Waals surface area (Å²) >= 11 is 5.76. The van der Waals surface area contributed by atoms with E-state index in [4.69, 9.17) is 17.0 Å². The minimum atomic E-state index is -3.52. The second-order valence-corrected chi connectivity index (χ2v) is 10.4. The lowest BCUT2D eigenvalue weighted by molar-refractivity contribution is 0.0730. The molecule has 178 valence electrons. The van der Waals surface area contributed by atoms with Crippen molar-refractivity contribution in [1.29, 1.82) is 0 Å². The molecule has 1 fully saturated rings. The number of nitrogens with zero attached hydrogens (tertiary/aromatic N) is 2. The number of nitrogens with one attached hydrogen (secondary N) is 1. The molecule has 0 aromatic heterocycles. The molecule has 3 aromatic carbocycles. The van der Waals surface area contributed by atoms with Crippen LogP contribution in [0.15, 0.2) is 89.8 Å². The molecule has 1 saturated heterocycles. The molecule has 0 spiro atoms. The van der Waals surface area contributed by atoms with E-state index in [1.807, 2.05) is 36.4 Å². The molecule has 34 heavy (non-hydrogen) atoms. The maximum Gasteiger partial charge on any atom is 0.243 e. The van der Waals surface area contributed by atoms with Gasteiger partial charge in [-0.25, -0.2) is 8.42 Å². The van der Waals surface area contributed by atoms with Crippen LogP contribution in [0.4, 0.5) is 5.69 Å². The molecule has 0 radical (unpaired) electrons. The van der Waals surface area contributed by atoms with E-state index in [0.29, 0.717) is 38.0 Å². The molecule has 1 aliphatic rings. The molecule has 6 nitrogen and oxygen atoms in total. The van der Waals surface area contributed by atoms with Crippen LogP contribution in [0, 0.1) is 0 Å². The summed E-state index contributed by atoms with van der Waals surface area (Å²) in [4.78, 5) is 2.41. The third-order valence-corrected chi connectivity index (χ3v) is 8.00. The molecule has 0 saturated carbocycles. The number of hydrogen-bond donors (Lipinski definition) is 1. The average Bonchev–Trinajstić information content (AvgIpc) is 2.88. The number of hydrogen-bond acceptors (Lipinski definition) is 4. The summed E-state index contributed by atoms with van der Waals surface area (Å²) in [6.45, 7) is 3.04. The van der Waals surface area contributed by atoms with Gasteiger partial charge >= 0.3 is 0 Å². The number of sulfonamides is 1. The van der Waals surface area contributed by atoms with Crippen LogP contribution in [0.5, 0.6) is 0 Å². The van der Waals surface area contributed by atoms with Crippen molar-refractivity contribution in [1.82, 2.24) is 9.21 Å². The average molecular weight is 496 g/mol. The first-order valence-electron chi connectivity index (χ1n) is 11.3. The minimum absolute atomic E-state index is 0.274. The highest BCUT2D eigenvalue weighted by Gasteiger charge is 2.26. The molecule has 1 N–H and O–H groups in total. The normalized spacial score (nSPS) is 14.5. The predicted molar refractivity (Wildman–Crippen MR) is 139 cm³/mol. The summed E-state index contributed by atoms with van der Waals surface area (Å²) in [7, 11) is -3.52. The Morgan fingerprint density at radius 3 is 2.09 bits per heavy atom. The van der Waals surface area contributed by atoms with Gasteiger partial charge in [-0.05, 0) is 54.0 Å². The highest BCUT2D eigenvalue weighted by Crippen LogP contribution is 2.20. The fourth-order valence-corrected chi connectivity index (χ4v) is 5.50. The van der Waals surface area contributed by atoms with Crippen molar-refractivity contribution in [2.75, 3.05) is 38.2 Å². The van der Waals surface area contributed by atoms with Crippen LogP contribution in [0.25, 0.3) is 0 Å². The highest BCUT2D eigenvalue weighted by atomic mass is 32.2. The minimum Gasteiger partial charge on any atom is -0.379 e. The van der Waals surface area contributed by atoms with Crippen LogP contribution >= 0.6 is 12.2 Å². The molecular formula is C26H29N3O3S2. The van der Waals surface area contributed by atoms with Crippen molar-refractivity contribution < 1.29 is 13.2 Å². The first-order valence-corrected chi connectivity index (χ1v) is 13.2. The van der Waals surface area contributed by atoms with Gasteiger partial charge in [0.15, 0.2) is 5.11 Å². The van der Waals surface area contributed by atoms with Gasteiger partial charge in [0.05, 0.1) is 18.1 Å². The van der Waals surface area contributed by atoms with Crippen molar-refractivity contribution in [3.05, 3.63) is 96.1 Å². The van der Waals surface area contributed by atoms with Gasteiger partial charge in [0, 0.05) is 31.9 Å². The molecule has 0 bridgehead atoms. The van der Waals surface area contributed by atoms with Crippen LogP contribution in [0.2, 0.25) is 0 Å². The van der Waals surface area contributed by atoms with E-state index in [0.717, 1.165) is 18.7 Å². The third kappa shape index (κ3) is 6.42. The van der Waals surface area contributed by atoms with Crippen LogP contribution in [0.1, 0.15) is 11.1 Å². The van der Waals surface area contributed by atoms with Crippen molar-refractivity contribution in [2.45, 2.75) is 17.9 Å². The van der Waals surface area contributed by atoms with Gasteiger partial charge in [-0.1, -0.05) is 60.7 Å². The van der Waals surface area contributed by atoms with Crippen LogP contribution in [-0.4, -0.2) is 55.6 Å². The van der Waals surface area contributed by atoms with Crippen molar-refractivity contribution in [3.8, 4) is 0 Å². The largest absolute Gasteiger partial charge is 0.379 e. The van der Waals surface area contributed by atoms with Crippen LogP contribution < -0.4 is 5.32 Å². The Morgan fingerprint density at radius 2 is 1.47 bits per heavy atom. The summed E-state index contributed by atoms with van der Waals surface area (Å²) in [5.74, 6) is 0. The number of benzene rings is 3.